The maximum atomic E-state index is 12.4. The van der Waals surface area contributed by atoms with Crippen molar-refractivity contribution in [2.24, 2.45) is 5.14 Å². The highest BCUT2D eigenvalue weighted by Gasteiger charge is 2.19. The molecular formula is C22H23N3O7S. The molecule has 0 bridgehead atoms. The van der Waals surface area contributed by atoms with Crippen molar-refractivity contribution in [1.82, 2.24) is 5.16 Å². The molecule has 0 saturated heterocycles. The third-order valence-corrected chi connectivity index (χ3v) is 5.69. The van der Waals surface area contributed by atoms with Gasteiger partial charge in [-0.25, -0.2) is 18.4 Å². The lowest BCUT2D eigenvalue weighted by atomic mass is 10.2. The van der Waals surface area contributed by atoms with Crippen LogP contribution in [-0.4, -0.2) is 31.6 Å². The Bertz CT molecular complexity index is 1230. The summed E-state index contributed by atoms with van der Waals surface area (Å²) in [7, 11) is -3.83. The van der Waals surface area contributed by atoms with Crippen LogP contribution in [0.3, 0.4) is 0 Å². The molecule has 0 aliphatic rings. The van der Waals surface area contributed by atoms with Gasteiger partial charge < -0.3 is 19.3 Å². The zero-order chi connectivity index (χ0) is 24.2. The van der Waals surface area contributed by atoms with Crippen LogP contribution in [-0.2, 0) is 26.2 Å². The van der Waals surface area contributed by atoms with E-state index in [9.17, 15) is 18.0 Å². The number of carbonyl (C=O) groups is 2. The summed E-state index contributed by atoms with van der Waals surface area (Å²) in [6.45, 7) is 5.33. The van der Waals surface area contributed by atoms with E-state index in [2.05, 4.69) is 10.5 Å². The number of benzene rings is 2. The fraction of sp³-hybridized carbons (Fsp3) is 0.227. The maximum absolute atomic E-state index is 12.4. The van der Waals surface area contributed by atoms with Crippen molar-refractivity contribution in [2.45, 2.75) is 38.4 Å². The molecule has 3 aromatic rings. The lowest BCUT2D eigenvalue weighted by Gasteiger charge is -2.14. The summed E-state index contributed by atoms with van der Waals surface area (Å²) in [5, 5.41) is 11.4. The SMILES string of the molecule is Cc1noc(C)c1COc1ccc(C(=O)OC(C)C(=O)Nc2ccc(S(N)(=O)=O)cc2)cc1. The highest BCUT2D eigenvalue weighted by atomic mass is 32.2. The van der Waals surface area contributed by atoms with Crippen molar-refractivity contribution in [1.29, 1.82) is 0 Å². The number of nitrogens with two attached hydrogens (primary N) is 1. The molecule has 174 valence electrons. The lowest BCUT2D eigenvalue weighted by molar-refractivity contribution is -0.123. The van der Waals surface area contributed by atoms with Gasteiger partial charge in [-0.1, -0.05) is 5.16 Å². The molecule has 3 N–H and O–H groups in total. The first-order valence-corrected chi connectivity index (χ1v) is 11.4. The zero-order valence-corrected chi connectivity index (χ0v) is 19.0. The van der Waals surface area contributed by atoms with Gasteiger partial charge in [-0.2, -0.15) is 0 Å². The number of aryl methyl sites for hydroxylation is 2. The normalized spacial score (nSPS) is 12.1. The van der Waals surface area contributed by atoms with Crippen LogP contribution in [0, 0.1) is 13.8 Å². The van der Waals surface area contributed by atoms with E-state index in [0.717, 1.165) is 11.3 Å². The number of hydrogen-bond donors (Lipinski definition) is 2. The zero-order valence-electron chi connectivity index (χ0n) is 18.2. The van der Waals surface area contributed by atoms with Crippen LogP contribution in [0.15, 0.2) is 57.9 Å². The first kappa shape index (κ1) is 24.0. The number of aromatic nitrogens is 1. The molecular weight excluding hydrogens is 450 g/mol. The minimum atomic E-state index is -3.83. The number of rotatable bonds is 8. The number of sulfonamides is 1. The molecule has 1 aromatic heterocycles. The Morgan fingerprint density at radius 1 is 1.09 bits per heavy atom. The summed E-state index contributed by atoms with van der Waals surface area (Å²) in [5.41, 5.74) is 2.19. The average Bonchev–Trinajstić information content (AvgIpc) is 3.09. The molecule has 0 radical (unpaired) electrons. The van der Waals surface area contributed by atoms with E-state index in [-0.39, 0.29) is 17.1 Å². The molecule has 33 heavy (non-hydrogen) atoms. The number of esters is 1. The van der Waals surface area contributed by atoms with Gasteiger partial charge in [0.1, 0.15) is 18.1 Å². The second-order valence-electron chi connectivity index (χ2n) is 7.22. The van der Waals surface area contributed by atoms with Gasteiger partial charge in [-0.15, -0.1) is 0 Å². The second-order valence-corrected chi connectivity index (χ2v) is 8.78. The van der Waals surface area contributed by atoms with Gasteiger partial charge in [0.25, 0.3) is 5.91 Å². The van der Waals surface area contributed by atoms with E-state index in [1.54, 1.807) is 19.1 Å². The van der Waals surface area contributed by atoms with Crippen molar-refractivity contribution in [3.05, 3.63) is 71.1 Å². The molecule has 2 aromatic carbocycles. The average molecular weight is 474 g/mol. The molecule has 0 aliphatic carbocycles. The number of hydrogen-bond acceptors (Lipinski definition) is 8. The standard InChI is InChI=1S/C22H23N3O7S/c1-13-20(14(2)32-25-13)12-30-18-8-4-16(5-9-18)22(27)31-15(3)21(26)24-17-6-10-19(11-7-17)33(23,28)29/h4-11,15H,12H2,1-3H3,(H,24,26)(H2,23,28,29). The molecule has 1 amide bonds. The van der Waals surface area contributed by atoms with Gasteiger partial charge in [0.05, 0.1) is 21.7 Å². The molecule has 0 saturated carbocycles. The number of nitrogens with zero attached hydrogens (tertiary/aromatic N) is 1. The summed E-state index contributed by atoms with van der Waals surface area (Å²) < 4.78 is 38.6. The molecule has 1 atom stereocenters. The highest BCUT2D eigenvalue weighted by molar-refractivity contribution is 7.89. The summed E-state index contributed by atoms with van der Waals surface area (Å²) in [6, 6.07) is 11.6. The monoisotopic (exact) mass is 473 g/mol. The van der Waals surface area contributed by atoms with Gasteiger partial charge in [0.15, 0.2) is 6.10 Å². The third-order valence-electron chi connectivity index (χ3n) is 4.76. The van der Waals surface area contributed by atoms with Gasteiger partial charge >= 0.3 is 5.97 Å². The predicted molar refractivity (Wildman–Crippen MR) is 118 cm³/mol. The van der Waals surface area contributed by atoms with Gasteiger partial charge in [0, 0.05) is 5.69 Å². The Kier molecular flexibility index (Phi) is 7.14. The van der Waals surface area contributed by atoms with Crippen molar-refractivity contribution in [3.63, 3.8) is 0 Å². The van der Waals surface area contributed by atoms with Crippen LogP contribution in [0.1, 0.15) is 34.3 Å². The van der Waals surface area contributed by atoms with Crippen molar-refractivity contribution < 1.29 is 32.0 Å². The topological polar surface area (TPSA) is 151 Å². The van der Waals surface area contributed by atoms with E-state index in [1.165, 1.54) is 43.3 Å². The first-order valence-electron chi connectivity index (χ1n) is 9.84. The van der Waals surface area contributed by atoms with E-state index < -0.39 is 28.0 Å². The van der Waals surface area contributed by atoms with E-state index >= 15 is 0 Å². The highest BCUT2D eigenvalue weighted by Crippen LogP contribution is 2.19. The minimum absolute atomic E-state index is 0.0842. The summed E-state index contributed by atoms with van der Waals surface area (Å²) in [4.78, 5) is 24.6. The number of anilines is 1. The van der Waals surface area contributed by atoms with Crippen LogP contribution >= 0.6 is 0 Å². The second kappa shape index (κ2) is 9.84. The quantitative estimate of drug-likeness (QED) is 0.474. The fourth-order valence-electron chi connectivity index (χ4n) is 2.80. The Hall–Kier alpha value is -3.70. The summed E-state index contributed by atoms with van der Waals surface area (Å²) >= 11 is 0. The van der Waals surface area contributed by atoms with Crippen molar-refractivity contribution in [3.8, 4) is 5.75 Å². The molecule has 1 heterocycles. The molecule has 0 fully saturated rings. The Morgan fingerprint density at radius 2 is 1.73 bits per heavy atom. The molecule has 0 aliphatic heterocycles. The first-order chi connectivity index (χ1) is 15.5. The Morgan fingerprint density at radius 3 is 2.27 bits per heavy atom. The maximum Gasteiger partial charge on any atom is 0.338 e. The smallest absolute Gasteiger partial charge is 0.338 e. The number of primary sulfonamides is 1. The predicted octanol–water partition coefficient (Wildman–Crippen LogP) is 2.70. The number of nitrogens with one attached hydrogen (secondary N) is 1. The molecule has 3 rings (SSSR count). The van der Waals surface area contributed by atoms with E-state index in [1.807, 2.05) is 6.92 Å². The Labute approximate surface area is 190 Å². The van der Waals surface area contributed by atoms with Gasteiger partial charge in [-0.05, 0) is 69.3 Å². The number of amides is 1. The Balaban J connectivity index is 1.54. The van der Waals surface area contributed by atoms with Crippen LogP contribution in [0.5, 0.6) is 5.75 Å². The van der Waals surface area contributed by atoms with Crippen molar-refractivity contribution >= 4 is 27.6 Å². The van der Waals surface area contributed by atoms with Crippen LogP contribution in [0.2, 0.25) is 0 Å². The lowest BCUT2D eigenvalue weighted by Crippen LogP contribution is -2.30. The molecule has 0 spiro atoms. The van der Waals surface area contributed by atoms with Crippen LogP contribution in [0.25, 0.3) is 0 Å². The molecule has 10 nitrogen and oxygen atoms in total. The van der Waals surface area contributed by atoms with Gasteiger partial charge in [-0.3, -0.25) is 4.79 Å². The molecule has 1 unspecified atom stereocenters. The van der Waals surface area contributed by atoms with E-state index in [4.69, 9.17) is 19.1 Å². The largest absolute Gasteiger partial charge is 0.489 e. The minimum Gasteiger partial charge on any atom is -0.489 e. The number of carbonyl (C=O) groups excluding carboxylic acids is 2. The molecule has 11 heteroatoms. The van der Waals surface area contributed by atoms with E-state index in [0.29, 0.717) is 17.2 Å². The number of ether oxygens (including phenoxy) is 2. The fourth-order valence-corrected chi connectivity index (χ4v) is 3.32. The summed E-state index contributed by atoms with van der Waals surface area (Å²) in [5.74, 6) is -0.0359. The van der Waals surface area contributed by atoms with Crippen LogP contribution < -0.4 is 15.2 Å². The summed E-state index contributed by atoms with van der Waals surface area (Å²) in [6.07, 6.45) is -1.09. The third kappa shape index (κ3) is 6.18. The van der Waals surface area contributed by atoms with Crippen molar-refractivity contribution in [2.75, 3.05) is 5.32 Å². The van der Waals surface area contributed by atoms with Gasteiger partial charge in [0.2, 0.25) is 10.0 Å². The van der Waals surface area contributed by atoms with Crippen LogP contribution in [0.4, 0.5) is 5.69 Å².